The Balaban J connectivity index is 2.09. The smallest absolute Gasteiger partial charge is 0.171 e. The summed E-state index contributed by atoms with van der Waals surface area (Å²) in [7, 11) is 1.64. The van der Waals surface area contributed by atoms with Crippen molar-refractivity contribution < 1.29 is 9.13 Å². The topological polar surface area (TPSA) is 33.3 Å². The quantitative estimate of drug-likeness (QED) is 0.789. The number of nitrogens with one attached hydrogen (secondary N) is 2. The summed E-state index contributed by atoms with van der Waals surface area (Å²) in [6.07, 6.45) is 0. The van der Waals surface area contributed by atoms with Crippen LogP contribution in [-0.2, 0) is 0 Å². The molecule has 0 bridgehead atoms. The molecule has 0 spiro atoms. The second kappa shape index (κ2) is 7.92. The van der Waals surface area contributed by atoms with Crippen LogP contribution in [0, 0.1) is 11.7 Å². The van der Waals surface area contributed by atoms with E-state index in [1.54, 1.807) is 25.3 Å². The number of benzene rings is 2. The first-order chi connectivity index (χ1) is 11.0. The largest absolute Gasteiger partial charge is 0.497 e. The molecular formula is C18H21FN2OS. The summed E-state index contributed by atoms with van der Waals surface area (Å²) < 4.78 is 18.9. The van der Waals surface area contributed by atoms with Gasteiger partial charge in [0, 0.05) is 0 Å². The highest BCUT2D eigenvalue weighted by Gasteiger charge is 2.17. The Morgan fingerprint density at radius 3 is 2.30 bits per heavy atom. The number of rotatable bonds is 5. The summed E-state index contributed by atoms with van der Waals surface area (Å²) >= 11 is 5.33. The maximum absolute atomic E-state index is 13.7. The summed E-state index contributed by atoms with van der Waals surface area (Å²) in [5.74, 6) is 0.786. The number of thiocarbonyl (C=S) groups is 1. The normalized spacial score (nSPS) is 11.9. The van der Waals surface area contributed by atoms with Gasteiger partial charge in [0.15, 0.2) is 5.11 Å². The van der Waals surface area contributed by atoms with Crippen molar-refractivity contribution in [1.29, 1.82) is 0 Å². The Bertz CT molecular complexity index is 658. The Morgan fingerprint density at radius 2 is 1.74 bits per heavy atom. The van der Waals surface area contributed by atoms with Gasteiger partial charge >= 0.3 is 0 Å². The molecule has 3 nitrogen and oxygen atoms in total. The summed E-state index contributed by atoms with van der Waals surface area (Å²) in [4.78, 5) is 0. The lowest BCUT2D eigenvalue weighted by Crippen LogP contribution is -2.35. The van der Waals surface area contributed by atoms with E-state index in [4.69, 9.17) is 17.0 Å². The van der Waals surface area contributed by atoms with Crippen molar-refractivity contribution in [1.82, 2.24) is 5.32 Å². The van der Waals surface area contributed by atoms with Gasteiger partial charge in [0.2, 0.25) is 0 Å². The first-order valence-electron chi connectivity index (χ1n) is 7.47. The zero-order valence-corrected chi connectivity index (χ0v) is 14.3. The predicted octanol–water partition coefficient (Wildman–Crippen LogP) is 4.52. The van der Waals surface area contributed by atoms with E-state index in [9.17, 15) is 4.39 Å². The van der Waals surface area contributed by atoms with Gasteiger partial charge in [-0.3, -0.25) is 0 Å². The van der Waals surface area contributed by atoms with Crippen molar-refractivity contribution in [2.45, 2.75) is 19.9 Å². The molecule has 0 aliphatic rings. The fraction of sp³-hybridized carbons (Fsp3) is 0.278. The summed E-state index contributed by atoms with van der Waals surface area (Å²) in [5, 5.41) is 6.56. The van der Waals surface area contributed by atoms with Gasteiger partial charge in [0.25, 0.3) is 0 Å². The van der Waals surface area contributed by atoms with E-state index in [2.05, 4.69) is 24.5 Å². The number of hydrogen-bond donors (Lipinski definition) is 2. The Labute approximate surface area is 141 Å². The number of anilines is 1. The molecule has 0 unspecified atom stereocenters. The van der Waals surface area contributed by atoms with E-state index >= 15 is 0 Å². The van der Waals surface area contributed by atoms with Crippen LogP contribution in [0.3, 0.4) is 0 Å². The minimum absolute atomic E-state index is 0.0210. The number of ether oxygens (including phenoxy) is 1. The van der Waals surface area contributed by atoms with Crippen LogP contribution in [0.15, 0.2) is 48.5 Å². The van der Waals surface area contributed by atoms with Gasteiger partial charge in [-0.15, -0.1) is 0 Å². The zero-order valence-electron chi connectivity index (χ0n) is 13.5. The van der Waals surface area contributed by atoms with Gasteiger partial charge in [-0.05, 0) is 48.0 Å². The van der Waals surface area contributed by atoms with E-state index < -0.39 is 0 Å². The van der Waals surface area contributed by atoms with Crippen molar-refractivity contribution >= 4 is 23.0 Å². The van der Waals surface area contributed by atoms with Gasteiger partial charge in [-0.25, -0.2) is 4.39 Å². The third-order valence-electron chi connectivity index (χ3n) is 3.55. The van der Waals surface area contributed by atoms with Crippen molar-refractivity contribution in [3.63, 3.8) is 0 Å². The van der Waals surface area contributed by atoms with E-state index in [-0.39, 0.29) is 11.9 Å². The van der Waals surface area contributed by atoms with Crippen molar-refractivity contribution in [3.8, 4) is 5.75 Å². The maximum atomic E-state index is 13.7. The Morgan fingerprint density at radius 1 is 1.09 bits per heavy atom. The maximum Gasteiger partial charge on any atom is 0.171 e. The molecule has 0 aromatic heterocycles. The monoisotopic (exact) mass is 332 g/mol. The molecule has 0 saturated carbocycles. The molecule has 0 heterocycles. The second-order valence-corrected chi connectivity index (χ2v) is 5.98. The highest BCUT2D eigenvalue weighted by atomic mass is 32.1. The highest BCUT2D eigenvalue weighted by molar-refractivity contribution is 7.80. The molecule has 0 aliphatic carbocycles. The third kappa shape index (κ3) is 4.66. The minimum atomic E-state index is -0.331. The molecule has 5 heteroatoms. The van der Waals surface area contributed by atoms with Crippen LogP contribution in [0.2, 0.25) is 0 Å². The molecule has 0 radical (unpaired) electrons. The average molecular weight is 332 g/mol. The van der Waals surface area contributed by atoms with Crippen LogP contribution in [0.25, 0.3) is 0 Å². The molecule has 122 valence electrons. The standard InChI is InChI=1S/C18H21FN2OS/c1-12(2)17(13-8-10-14(22-3)11-9-13)21-18(23)20-16-7-5-4-6-15(16)19/h4-12,17H,1-3H3,(H2,20,21,23)/t17-/m0/s1. The highest BCUT2D eigenvalue weighted by Crippen LogP contribution is 2.24. The van der Waals surface area contributed by atoms with Gasteiger partial charge in [-0.2, -0.15) is 0 Å². The van der Waals surface area contributed by atoms with Gasteiger partial charge in [0.1, 0.15) is 11.6 Å². The molecule has 2 N–H and O–H groups in total. The molecule has 2 aromatic rings. The summed E-state index contributed by atoms with van der Waals surface area (Å²) in [6.45, 7) is 4.21. The lowest BCUT2D eigenvalue weighted by Gasteiger charge is -2.25. The lowest BCUT2D eigenvalue weighted by atomic mass is 9.96. The van der Waals surface area contributed by atoms with Gasteiger partial charge in [-0.1, -0.05) is 38.1 Å². The third-order valence-corrected chi connectivity index (χ3v) is 3.77. The number of hydrogen-bond acceptors (Lipinski definition) is 2. The molecule has 2 aromatic carbocycles. The molecule has 0 aliphatic heterocycles. The number of methoxy groups -OCH3 is 1. The lowest BCUT2D eigenvalue weighted by molar-refractivity contribution is 0.413. The van der Waals surface area contributed by atoms with Gasteiger partial charge in [0.05, 0.1) is 18.8 Å². The molecule has 23 heavy (non-hydrogen) atoms. The Hall–Kier alpha value is -2.14. The van der Waals surface area contributed by atoms with Crippen LogP contribution in [0.1, 0.15) is 25.5 Å². The molecule has 0 saturated heterocycles. The fourth-order valence-corrected chi connectivity index (χ4v) is 2.55. The molecule has 1 atom stereocenters. The fourth-order valence-electron chi connectivity index (χ4n) is 2.31. The molecule has 2 rings (SSSR count). The average Bonchev–Trinajstić information content (AvgIpc) is 2.55. The van der Waals surface area contributed by atoms with Crippen LogP contribution < -0.4 is 15.4 Å². The molecule has 0 fully saturated rings. The molecule has 0 amide bonds. The number of halogens is 1. The first-order valence-corrected chi connectivity index (χ1v) is 7.88. The first kappa shape index (κ1) is 17.2. The van der Waals surface area contributed by atoms with Crippen LogP contribution in [0.4, 0.5) is 10.1 Å². The van der Waals surface area contributed by atoms with E-state index in [1.807, 2.05) is 24.3 Å². The van der Waals surface area contributed by atoms with Crippen LogP contribution in [-0.4, -0.2) is 12.2 Å². The Kier molecular flexibility index (Phi) is 5.93. The van der Waals surface area contributed by atoms with E-state index in [0.29, 0.717) is 16.7 Å². The summed E-state index contributed by atoms with van der Waals surface area (Å²) in [6, 6.07) is 14.3. The molecular weight excluding hydrogens is 311 g/mol. The van der Waals surface area contributed by atoms with Gasteiger partial charge < -0.3 is 15.4 Å². The summed E-state index contributed by atoms with van der Waals surface area (Å²) in [5.41, 5.74) is 1.46. The van der Waals surface area contributed by atoms with E-state index in [1.165, 1.54) is 6.07 Å². The van der Waals surface area contributed by atoms with E-state index in [0.717, 1.165) is 11.3 Å². The minimum Gasteiger partial charge on any atom is -0.497 e. The second-order valence-electron chi connectivity index (χ2n) is 5.57. The SMILES string of the molecule is COc1ccc([C@@H](NC(=S)Nc2ccccc2F)C(C)C)cc1. The van der Waals surface area contributed by atoms with Crippen LogP contribution >= 0.6 is 12.2 Å². The zero-order chi connectivity index (χ0) is 16.8. The van der Waals surface area contributed by atoms with Crippen LogP contribution in [0.5, 0.6) is 5.75 Å². The number of para-hydroxylation sites is 1. The van der Waals surface area contributed by atoms with Crippen molar-refractivity contribution in [3.05, 3.63) is 59.9 Å². The predicted molar refractivity (Wildman–Crippen MR) is 96.3 cm³/mol. The van der Waals surface area contributed by atoms with Crippen molar-refractivity contribution in [2.24, 2.45) is 5.92 Å². The van der Waals surface area contributed by atoms with Crippen molar-refractivity contribution in [2.75, 3.05) is 12.4 Å².